The summed E-state index contributed by atoms with van der Waals surface area (Å²) in [5.41, 5.74) is 0.0473. The van der Waals surface area contributed by atoms with Gasteiger partial charge in [-0.15, -0.1) is 0 Å². The highest BCUT2D eigenvalue weighted by atomic mass is 16.5. The molecular weight excluding hydrogens is 270 g/mol. The Kier molecular flexibility index (Phi) is 3.69. The lowest BCUT2D eigenvalue weighted by Crippen LogP contribution is -2.57. The van der Waals surface area contributed by atoms with Gasteiger partial charge in [0.2, 0.25) is 11.8 Å². The van der Waals surface area contributed by atoms with E-state index < -0.39 is 5.54 Å². The Morgan fingerprint density at radius 1 is 1.33 bits per heavy atom. The first kappa shape index (κ1) is 14.1. The minimum absolute atomic E-state index is 0.0240. The molecule has 0 unspecified atom stereocenters. The van der Waals surface area contributed by atoms with Crippen molar-refractivity contribution in [2.75, 3.05) is 6.54 Å². The second-order valence-corrected chi connectivity index (χ2v) is 6.10. The number of rotatable bonds is 2. The molecule has 2 amide bonds. The second-order valence-electron chi connectivity index (χ2n) is 6.10. The monoisotopic (exact) mass is 291 g/mol. The number of hydrogen-bond acceptors (Lipinski definition) is 4. The molecule has 6 heteroatoms. The molecule has 114 valence electrons. The van der Waals surface area contributed by atoms with Gasteiger partial charge in [-0.2, -0.15) is 0 Å². The van der Waals surface area contributed by atoms with Gasteiger partial charge in [0, 0.05) is 19.0 Å². The van der Waals surface area contributed by atoms with Crippen LogP contribution in [0.2, 0.25) is 0 Å². The van der Waals surface area contributed by atoms with Gasteiger partial charge in [0.05, 0.1) is 6.54 Å². The summed E-state index contributed by atoms with van der Waals surface area (Å²) in [7, 11) is 0. The Morgan fingerprint density at radius 3 is 2.76 bits per heavy atom. The fraction of sp³-hybridized carbons (Fsp3) is 0.667. The van der Waals surface area contributed by atoms with Crippen LogP contribution in [-0.2, 0) is 16.1 Å². The van der Waals surface area contributed by atoms with Crippen LogP contribution in [0.1, 0.15) is 50.0 Å². The maximum absolute atomic E-state index is 12.9. The molecule has 1 N–H and O–H groups in total. The Morgan fingerprint density at radius 2 is 2.10 bits per heavy atom. The van der Waals surface area contributed by atoms with Crippen molar-refractivity contribution in [3.63, 3.8) is 0 Å². The number of aryl methyl sites for hydroxylation is 1. The van der Waals surface area contributed by atoms with Crippen LogP contribution in [0, 0.1) is 6.92 Å². The van der Waals surface area contributed by atoms with Gasteiger partial charge in [0.15, 0.2) is 0 Å². The van der Waals surface area contributed by atoms with Crippen LogP contribution in [0.3, 0.4) is 0 Å². The molecule has 1 spiro atoms. The van der Waals surface area contributed by atoms with Crippen LogP contribution in [0.25, 0.3) is 0 Å². The third kappa shape index (κ3) is 2.80. The SMILES string of the molecule is Cc1cc(CN2CCC(=O)NC3(CCCCC3)C2=O)no1. The molecule has 1 aromatic rings. The molecule has 2 aliphatic rings. The predicted octanol–water partition coefficient (Wildman–Crippen LogP) is 1.53. The van der Waals surface area contributed by atoms with Crippen LogP contribution in [0.5, 0.6) is 0 Å². The summed E-state index contributed by atoms with van der Waals surface area (Å²) in [6.07, 6.45) is 4.95. The number of nitrogens with zero attached hydrogens (tertiary/aromatic N) is 2. The molecule has 0 aromatic carbocycles. The molecular formula is C15H21N3O3. The molecule has 3 rings (SSSR count). The maximum atomic E-state index is 12.9. The number of nitrogens with one attached hydrogen (secondary N) is 1. The standard InChI is InChI=1S/C15H21N3O3/c1-11-9-12(17-21-11)10-18-8-5-13(19)16-15(14(18)20)6-3-2-4-7-15/h9H,2-8,10H2,1H3,(H,16,19). The molecule has 2 fully saturated rings. The topological polar surface area (TPSA) is 75.4 Å². The van der Waals surface area contributed by atoms with E-state index in [-0.39, 0.29) is 11.8 Å². The van der Waals surface area contributed by atoms with E-state index in [4.69, 9.17) is 4.52 Å². The largest absolute Gasteiger partial charge is 0.361 e. The quantitative estimate of drug-likeness (QED) is 0.896. The summed E-state index contributed by atoms with van der Waals surface area (Å²) in [5, 5.41) is 6.94. The minimum Gasteiger partial charge on any atom is -0.361 e. The zero-order valence-corrected chi connectivity index (χ0v) is 12.4. The molecule has 21 heavy (non-hydrogen) atoms. The normalized spacial score (nSPS) is 22.2. The average molecular weight is 291 g/mol. The van der Waals surface area contributed by atoms with Gasteiger partial charge in [-0.3, -0.25) is 9.59 Å². The molecule has 1 aromatic heterocycles. The first-order valence-electron chi connectivity index (χ1n) is 7.62. The molecule has 0 bridgehead atoms. The van der Waals surface area contributed by atoms with Crippen molar-refractivity contribution < 1.29 is 14.1 Å². The van der Waals surface area contributed by atoms with Crippen molar-refractivity contribution in [1.29, 1.82) is 0 Å². The van der Waals surface area contributed by atoms with Crippen LogP contribution < -0.4 is 5.32 Å². The average Bonchev–Trinajstić information content (AvgIpc) is 2.84. The summed E-state index contributed by atoms with van der Waals surface area (Å²) >= 11 is 0. The molecule has 1 aliphatic carbocycles. The highest BCUT2D eigenvalue weighted by molar-refractivity contribution is 5.93. The van der Waals surface area contributed by atoms with E-state index in [1.807, 2.05) is 13.0 Å². The number of carbonyl (C=O) groups is 2. The van der Waals surface area contributed by atoms with Gasteiger partial charge in [0.1, 0.15) is 17.0 Å². The summed E-state index contributed by atoms with van der Waals surface area (Å²) in [6, 6.07) is 1.83. The van der Waals surface area contributed by atoms with E-state index >= 15 is 0 Å². The number of carbonyl (C=O) groups excluding carboxylic acids is 2. The first-order valence-corrected chi connectivity index (χ1v) is 7.62. The van der Waals surface area contributed by atoms with Crippen molar-refractivity contribution in [1.82, 2.24) is 15.4 Å². The first-order chi connectivity index (χ1) is 10.1. The van der Waals surface area contributed by atoms with Gasteiger partial charge < -0.3 is 14.7 Å². The molecule has 1 saturated heterocycles. The number of hydrogen-bond donors (Lipinski definition) is 1. The Balaban J connectivity index is 1.82. The number of amides is 2. The molecule has 1 aliphatic heterocycles. The molecule has 1 saturated carbocycles. The van der Waals surface area contributed by atoms with Crippen LogP contribution >= 0.6 is 0 Å². The van der Waals surface area contributed by atoms with Gasteiger partial charge in [-0.1, -0.05) is 24.4 Å². The van der Waals surface area contributed by atoms with Gasteiger partial charge in [0.25, 0.3) is 0 Å². The molecule has 0 radical (unpaired) electrons. The van der Waals surface area contributed by atoms with Crippen LogP contribution in [0.4, 0.5) is 0 Å². The molecule has 0 atom stereocenters. The van der Waals surface area contributed by atoms with Gasteiger partial charge in [-0.25, -0.2) is 0 Å². The zero-order chi connectivity index (χ0) is 14.9. The van der Waals surface area contributed by atoms with Crippen LogP contribution in [0.15, 0.2) is 10.6 Å². The van der Waals surface area contributed by atoms with E-state index in [0.717, 1.165) is 43.6 Å². The fourth-order valence-corrected chi connectivity index (χ4v) is 3.36. The van der Waals surface area contributed by atoms with Gasteiger partial charge in [-0.05, 0) is 19.8 Å². The third-order valence-corrected chi connectivity index (χ3v) is 4.42. The maximum Gasteiger partial charge on any atom is 0.248 e. The lowest BCUT2D eigenvalue weighted by Gasteiger charge is -2.37. The smallest absolute Gasteiger partial charge is 0.248 e. The second kappa shape index (κ2) is 5.50. The highest BCUT2D eigenvalue weighted by Gasteiger charge is 2.45. The van der Waals surface area contributed by atoms with Gasteiger partial charge >= 0.3 is 0 Å². The van der Waals surface area contributed by atoms with Crippen molar-refractivity contribution in [3.8, 4) is 0 Å². The van der Waals surface area contributed by atoms with Crippen molar-refractivity contribution >= 4 is 11.8 Å². The Labute approximate surface area is 123 Å². The summed E-state index contributed by atoms with van der Waals surface area (Å²) in [5.74, 6) is 0.742. The highest BCUT2D eigenvalue weighted by Crippen LogP contribution is 2.32. The summed E-state index contributed by atoms with van der Waals surface area (Å²) in [6.45, 7) is 2.68. The van der Waals surface area contributed by atoms with E-state index in [9.17, 15) is 9.59 Å². The lowest BCUT2D eigenvalue weighted by atomic mass is 9.80. The molecule has 2 heterocycles. The summed E-state index contributed by atoms with van der Waals surface area (Å²) in [4.78, 5) is 26.7. The van der Waals surface area contributed by atoms with Crippen molar-refractivity contribution in [2.45, 2.75) is 57.5 Å². The van der Waals surface area contributed by atoms with Crippen molar-refractivity contribution in [3.05, 3.63) is 17.5 Å². The Hall–Kier alpha value is -1.85. The zero-order valence-electron chi connectivity index (χ0n) is 12.4. The predicted molar refractivity (Wildman–Crippen MR) is 75.2 cm³/mol. The van der Waals surface area contributed by atoms with Crippen molar-refractivity contribution in [2.24, 2.45) is 0 Å². The van der Waals surface area contributed by atoms with Crippen LogP contribution in [-0.4, -0.2) is 34.0 Å². The van der Waals surface area contributed by atoms with E-state index in [1.54, 1.807) is 4.90 Å². The lowest BCUT2D eigenvalue weighted by molar-refractivity contribution is -0.141. The fourth-order valence-electron chi connectivity index (χ4n) is 3.36. The Bertz CT molecular complexity index is 546. The van der Waals surface area contributed by atoms with E-state index in [2.05, 4.69) is 10.5 Å². The number of aromatic nitrogens is 1. The minimum atomic E-state index is -0.690. The molecule has 6 nitrogen and oxygen atoms in total. The van der Waals surface area contributed by atoms with E-state index in [0.29, 0.717) is 19.5 Å². The van der Waals surface area contributed by atoms with E-state index in [1.165, 1.54) is 0 Å². The third-order valence-electron chi connectivity index (χ3n) is 4.42. The summed E-state index contributed by atoms with van der Waals surface area (Å²) < 4.78 is 5.06.